The fourth-order valence-electron chi connectivity index (χ4n) is 0.763. The molecule has 0 heterocycles. The Morgan fingerprint density at radius 3 is 2.57 bits per heavy atom. The van der Waals surface area contributed by atoms with Gasteiger partial charge < -0.3 is 14.9 Å². The Morgan fingerprint density at radius 2 is 2.21 bits per heavy atom. The highest BCUT2D eigenvalue weighted by molar-refractivity contribution is 5.81. The molecule has 0 aromatic heterocycles. The summed E-state index contributed by atoms with van der Waals surface area (Å²) in [6.45, 7) is 6.58. The Kier molecular flexibility index (Phi) is 5.37. The Morgan fingerprint density at radius 1 is 1.64 bits per heavy atom. The van der Waals surface area contributed by atoms with Gasteiger partial charge in [-0.3, -0.25) is 0 Å². The average Bonchev–Trinajstić information content (AvgIpc) is 2.16. The van der Waals surface area contributed by atoms with E-state index in [-0.39, 0.29) is 6.42 Å². The van der Waals surface area contributed by atoms with Gasteiger partial charge in [0.1, 0.15) is 0 Å². The van der Waals surface area contributed by atoms with E-state index in [1.54, 1.807) is 13.8 Å². The van der Waals surface area contributed by atoms with Crippen LogP contribution in [-0.4, -0.2) is 28.3 Å². The number of carbonyl (C=O) groups is 1. The van der Waals surface area contributed by atoms with Gasteiger partial charge in [-0.05, 0) is 6.42 Å². The molecule has 0 aliphatic rings. The standard InChI is InChI=1S/C9H17NO4/c1-4-7(14-8(11)5-2)10-9(12,13)6-3/h5,7,10,12-13H,2,4,6H2,1,3H3. The van der Waals surface area contributed by atoms with Crippen LogP contribution in [0.2, 0.25) is 0 Å². The van der Waals surface area contributed by atoms with E-state index in [0.717, 1.165) is 6.08 Å². The number of rotatable bonds is 6. The third-order valence-corrected chi connectivity index (χ3v) is 1.68. The maximum absolute atomic E-state index is 10.8. The number of ether oxygens (including phenoxy) is 1. The van der Waals surface area contributed by atoms with E-state index in [1.807, 2.05) is 0 Å². The summed E-state index contributed by atoms with van der Waals surface area (Å²) >= 11 is 0. The third kappa shape index (κ3) is 4.96. The Bertz CT molecular complexity index is 203. The molecule has 0 saturated carbocycles. The van der Waals surface area contributed by atoms with Gasteiger partial charge in [0.25, 0.3) is 0 Å². The fourth-order valence-corrected chi connectivity index (χ4v) is 0.763. The second-order valence-electron chi connectivity index (χ2n) is 2.85. The molecule has 0 aromatic rings. The van der Waals surface area contributed by atoms with Crippen LogP contribution >= 0.6 is 0 Å². The van der Waals surface area contributed by atoms with Gasteiger partial charge in [0.05, 0.1) is 0 Å². The summed E-state index contributed by atoms with van der Waals surface area (Å²) in [5.41, 5.74) is 0. The Hall–Kier alpha value is -0.910. The van der Waals surface area contributed by atoms with Gasteiger partial charge in [-0.15, -0.1) is 0 Å². The molecular formula is C9H17NO4. The van der Waals surface area contributed by atoms with Crippen molar-refractivity contribution in [2.24, 2.45) is 0 Å². The molecule has 0 aliphatic heterocycles. The van der Waals surface area contributed by atoms with E-state index >= 15 is 0 Å². The molecule has 14 heavy (non-hydrogen) atoms. The summed E-state index contributed by atoms with van der Waals surface area (Å²) in [6.07, 6.45) is 0.820. The van der Waals surface area contributed by atoms with Crippen molar-refractivity contribution in [1.82, 2.24) is 5.32 Å². The predicted molar refractivity (Wildman–Crippen MR) is 51.0 cm³/mol. The molecule has 3 N–H and O–H groups in total. The maximum atomic E-state index is 10.8. The zero-order valence-corrected chi connectivity index (χ0v) is 8.49. The highest BCUT2D eigenvalue weighted by Crippen LogP contribution is 2.05. The number of carbonyl (C=O) groups excluding carboxylic acids is 1. The first kappa shape index (κ1) is 13.1. The van der Waals surface area contributed by atoms with Crippen LogP contribution in [0.25, 0.3) is 0 Å². The van der Waals surface area contributed by atoms with Gasteiger partial charge in [-0.25, -0.2) is 10.1 Å². The van der Waals surface area contributed by atoms with Gasteiger partial charge in [0, 0.05) is 12.5 Å². The summed E-state index contributed by atoms with van der Waals surface area (Å²) < 4.78 is 4.80. The zero-order chi connectivity index (χ0) is 11.2. The van der Waals surface area contributed by atoms with E-state index in [4.69, 9.17) is 4.74 Å². The van der Waals surface area contributed by atoms with Gasteiger partial charge in [-0.1, -0.05) is 20.4 Å². The van der Waals surface area contributed by atoms with Crippen LogP contribution in [0, 0.1) is 0 Å². The smallest absolute Gasteiger partial charge is 0.331 e. The van der Waals surface area contributed by atoms with Crippen molar-refractivity contribution in [2.75, 3.05) is 0 Å². The first-order valence-corrected chi connectivity index (χ1v) is 4.50. The number of esters is 1. The first-order valence-electron chi connectivity index (χ1n) is 4.50. The zero-order valence-electron chi connectivity index (χ0n) is 8.49. The number of hydrogen-bond acceptors (Lipinski definition) is 5. The minimum atomic E-state index is -2.01. The molecule has 5 nitrogen and oxygen atoms in total. The van der Waals surface area contributed by atoms with Crippen LogP contribution in [0.5, 0.6) is 0 Å². The molecule has 5 heteroatoms. The van der Waals surface area contributed by atoms with Crippen molar-refractivity contribution >= 4 is 5.97 Å². The van der Waals surface area contributed by atoms with E-state index in [1.165, 1.54) is 0 Å². The Balaban J connectivity index is 4.15. The van der Waals surface area contributed by atoms with E-state index in [0.29, 0.717) is 6.42 Å². The lowest BCUT2D eigenvalue weighted by atomic mass is 10.3. The normalized spacial score (nSPS) is 13.4. The molecule has 0 rings (SSSR count). The highest BCUT2D eigenvalue weighted by Gasteiger charge is 2.25. The van der Waals surface area contributed by atoms with Crippen LogP contribution in [0.4, 0.5) is 0 Å². The van der Waals surface area contributed by atoms with Crippen molar-refractivity contribution in [3.05, 3.63) is 12.7 Å². The lowest BCUT2D eigenvalue weighted by Crippen LogP contribution is -2.51. The number of hydrogen-bond donors (Lipinski definition) is 3. The molecule has 1 unspecified atom stereocenters. The molecule has 0 radical (unpaired) electrons. The minimum Gasteiger partial charge on any atom is -0.443 e. The quantitative estimate of drug-likeness (QED) is 0.324. The number of nitrogens with one attached hydrogen (secondary N) is 1. The SMILES string of the molecule is C=CC(=O)OC(CC)NC(O)(O)CC. The van der Waals surface area contributed by atoms with Crippen LogP contribution < -0.4 is 5.32 Å². The molecular weight excluding hydrogens is 186 g/mol. The predicted octanol–water partition coefficient (Wildman–Crippen LogP) is 0.0897. The van der Waals surface area contributed by atoms with Gasteiger partial charge in [0.15, 0.2) is 6.23 Å². The summed E-state index contributed by atoms with van der Waals surface area (Å²) in [5.74, 6) is -2.61. The lowest BCUT2D eigenvalue weighted by Gasteiger charge is -2.26. The summed E-state index contributed by atoms with van der Waals surface area (Å²) in [5, 5.41) is 20.9. The van der Waals surface area contributed by atoms with Crippen LogP contribution in [0.15, 0.2) is 12.7 Å². The summed E-state index contributed by atoms with van der Waals surface area (Å²) in [7, 11) is 0. The largest absolute Gasteiger partial charge is 0.443 e. The highest BCUT2D eigenvalue weighted by atomic mass is 16.6. The van der Waals surface area contributed by atoms with E-state index < -0.39 is 18.1 Å². The molecule has 0 aliphatic carbocycles. The summed E-state index contributed by atoms with van der Waals surface area (Å²) in [4.78, 5) is 10.8. The first-order chi connectivity index (χ1) is 6.45. The third-order valence-electron chi connectivity index (χ3n) is 1.68. The molecule has 0 amide bonds. The van der Waals surface area contributed by atoms with Crippen molar-refractivity contribution < 1.29 is 19.7 Å². The van der Waals surface area contributed by atoms with Gasteiger partial charge >= 0.3 is 5.97 Å². The second kappa shape index (κ2) is 5.74. The van der Waals surface area contributed by atoms with E-state index in [9.17, 15) is 15.0 Å². The van der Waals surface area contributed by atoms with Crippen molar-refractivity contribution in [1.29, 1.82) is 0 Å². The number of aliphatic hydroxyl groups is 2. The van der Waals surface area contributed by atoms with Gasteiger partial charge in [-0.2, -0.15) is 0 Å². The van der Waals surface area contributed by atoms with Crippen molar-refractivity contribution in [3.63, 3.8) is 0 Å². The molecule has 82 valence electrons. The van der Waals surface area contributed by atoms with Crippen LogP contribution in [0.3, 0.4) is 0 Å². The molecule has 0 saturated heterocycles. The van der Waals surface area contributed by atoms with Gasteiger partial charge in [0.2, 0.25) is 5.91 Å². The van der Waals surface area contributed by atoms with Crippen molar-refractivity contribution in [2.45, 2.75) is 38.8 Å². The Labute approximate surface area is 83.4 Å². The molecule has 0 spiro atoms. The molecule has 1 atom stereocenters. The monoisotopic (exact) mass is 203 g/mol. The molecule has 0 aromatic carbocycles. The van der Waals surface area contributed by atoms with Crippen molar-refractivity contribution in [3.8, 4) is 0 Å². The molecule has 0 bridgehead atoms. The fraction of sp³-hybridized carbons (Fsp3) is 0.667. The topological polar surface area (TPSA) is 78.8 Å². The lowest BCUT2D eigenvalue weighted by molar-refractivity contribution is -0.212. The minimum absolute atomic E-state index is 0.0924. The summed E-state index contributed by atoms with van der Waals surface area (Å²) in [6, 6.07) is 0. The average molecular weight is 203 g/mol. The molecule has 0 fully saturated rings. The maximum Gasteiger partial charge on any atom is 0.331 e. The van der Waals surface area contributed by atoms with Crippen LogP contribution in [-0.2, 0) is 9.53 Å². The van der Waals surface area contributed by atoms with Crippen LogP contribution in [0.1, 0.15) is 26.7 Å². The second-order valence-corrected chi connectivity index (χ2v) is 2.85. The van der Waals surface area contributed by atoms with E-state index in [2.05, 4.69) is 11.9 Å².